The predicted octanol–water partition coefficient (Wildman–Crippen LogP) is 1.49. The van der Waals surface area contributed by atoms with Crippen molar-refractivity contribution in [2.24, 2.45) is 5.92 Å². The maximum Gasteiger partial charge on any atom is 0.244 e. The van der Waals surface area contributed by atoms with Gasteiger partial charge in [0.25, 0.3) is 0 Å². The molecule has 20 heavy (non-hydrogen) atoms. The lowest BCUT2D eigenvalue weighted by Crippen LogP contribution is -2.57. The van der Waals surface area contributed by atoms with Gasteiger partial charge in [-0.15, -0.1) is 0 Å². The van der Waals surface area contributed by atoms with Gasteiger partial charge in [0, 0.05) is 24.4 Å². The van der Waals surface area contributed by atoms with E-state index in [1.807, 2.05) is 24.3 Å². The van der Waals surface area contributed by atoms with E-state index in [4.69, 9.17) is 5.73 Å². The Kier molecular flexibility index (Phi) is 3.74. The summed E-state index contributed by atoms with van der Waals surface area (Å²) in [5.74, 6) is 0.631. The lowest BCUT2D eigenvalue weighted by molar-refractivity contribution is -0.118. The van der Waals surface area contributed by atoms with Crippen molar-refractivity contribution < 1.29 is 4.79 Å². The third kappa shape index (κ3) is 2.85. The molecule has 1 atom stereocenters. The van der Waals surface area contributed by atoms with Crippen LogP contribution in [0.15, 0.2) is 30.3 Å². The highest BCUT2D eigenvalue weighted by Crippen LogP contribution is 2.27. The molecule has 0 aromatic heterocycles. The first-order valence-electron chi connectivity index (χ1n) is 7.28. The average Bonchev–Trinajstić information content (AvgIpc) is 2.48. The number of rotatable bonds is 3. The van der Waals surface area contributed by atoms with Gasteiger partial charge in [-0.2, -0.15) is 0 Å². The van der Waals surface area contributed by atoms with Crippen molar-refractivity contribution in [3.8, 4) is 0 Å². The number of hydrogen-bond acceptors (Lipinski definition) is 3. The number of nitrogens with zero attached hydrogens (tertiary/aromatic N) is 1. The van der Waals surface area contributed by atoms with Gasteiger partial charge in [-0.3, -0.25) is 4.79 Å². The number of carbonyl (C=O) groups excluding carboxylic acids is 1. The molecule has 0 saturated carbocycles. The first-order valence-corrected chi connectivity index (χ1v) is 7.28. The number of nitrogens with one attached hydrogen (secondary N) is 1. The van der Waals surface area contributed by atoms with Crippen LogP contribution < -0.4 is 11.1 Å². The van der Waals surface area contributed by atoms with Gasteiger partial charge in [0.1, 0.15) is 0 Å². The number of fused-ring (bicyclic) bond motifs is 3. The van der Waals surface area contributed by atoms with E-state index in [1.54, 1.807) is 12.2 Å². The zero-order chi connectivity index (χ0) is 13.9. The molecule has 3 fully saturated rings. The highest BCUT2D eigenvalue weighted by Gasteiger charge is 2.34. The SMILES string of the molecule is Nc1ccccc1/C=C/C(=O)N[C@H]1CN2CCC1CC2. The number of carbonyl (C=O) groups is 1. The molecule has 1 aromatic rings. The Bertz CT molecular complexity index is 518. The van der Waals surface area contributed by atoms with Gasteiger partial charge in [-0.1, -0.05) is 18.2 Å². The number of piperidine rings is 3. The minimum Gasteiger partial charge on any atom is -0.398 e. The van der Waals surface area contributed by atoms with Crippen LogP contribution in [0.3, 0.4) is 0 Å². The second-order valence-electron chi connectivity index (χ2n) is 5.72. The highest BCUT2D eigenvalue weighted by molar-refractivity contribution is 5.92. The van der Waals surface area contributed by atoms with Crippen molar-refractivity contribution in [2.45, 2.75) is 18.9 Å². The minimum absolute atomic E-state index is 0.0213. The number of nitrogens with two attached hydrogens (primary N) is 1. The van der Waals surface area contributed by atoms with Crippen LogP contribution in [0.2, 0.25) is 0 Å². The molecule has 3 saturated heterocycles. The van der Waals surface area contributed by atoms with Crippen molar-refractivity contribution in [2.75, 3.05) is 25.4 Å². The smallest absolute Gasteiger partial charge is 0.244 e. The summed E-state index contributed by atoms with van der Waals surface area (Å²) in [6, 6.07) is 7.86. The molecular formula is C16H21N3O. The summed E-state index contributed by atoms with van der Waals surface area (Å²) in [6.07, 6.45) is 5.79. The Morgan fingerprint density at radius 3 is 2.70 bits per heavy atom. The zero-order valence-electron chi connectivity index (χ0n) is 11.6. The normalized spacial score (nSPS) is 28.7. The van der Waals surface area contributed by atoms with E-state index >= 15 is 0 Å². The van der Waals surface area contributed by atoms with Crippen LogP contribution in [-0.4, -0.2) is 36.5 Å². The van der Waals surface area contributed by atoms with E-state index in [0.717, 1.165) is 12.1 Å². The summed E-state index contributed by atoms with van der Waals surface area (Å²) in [6.45, 7) is 3.37. The van der Waals surface area contributed by atoms with Crippen LogP contribution in [0, 0.1) is 5.92 Å². The third-order valence-electron chi connectivity index (χ3n) is 4.39. The summed E-state index contributed by atoms with van der Waals surface area (Å²) in [5.41, 5.74) is 7.43. The average molecular weight is 271 g/mol. The molecule has 0 aliphatic carbocycles. The molecule has 4 rings (SSSR count). The van der Waals surface area contributed by atoms with E-state index in [0.29, 0.717) is 17.6 Å². The van der Waals surface area contributed by atoms with Crippen LogP contribution >= 0.6 is 0 Å². The zero-order valence-corrected chi connectivity index (χ0v) is 11.6. The van der Waals surface area contributed by atoms with E-state index in [1.165, 1.54) is 25.9 Å². The first-order chi connectivity index (χ1) is 9.72. The fourth-order valence-corrected chi connectivity index (χ4v) is 3.19. The maximum absolute atomic E-state index is 12.0. The Hall–Kier alpha value is -1.81. The number of para-hydroxylation sites is 1. The van der Waals surface area contributed by atoms with Crippen LogP contribution in [0.4, 0.5) is 5.69 Å². The Balaban J connectivity index is 1.59. The highest BCUT2D eigenvalue weighted by atomic mass is 16.1. The van der Waals surface area contributed by atoms with Gasteiger partial charge in [0.2, 0.25) is 5.91 Å². The van der Waals surface area contributed by atoms with E-state index < -0.39 is 0 Å². The second kappa shape index (κ2) is 5.67. The van der Waals surface area contributed by atoms with Crippen molar-refractivity contribution in [1.82, 2.24) is 10.2 Å². The Morgan fingerprint density at radius 1 is 1.30 bits per heavy atom. The lowest BCUT2D eigenvalue weighted by Gasteiger charge is -2.44. The number of benzene rings is 1. The summed E-state index contributed by atoms with van der Waals surface area (Å²) in [4.78, 5) is 14.4. The molecule has 4 heteroatoms. The molecule has 1 aromatic carbocycles. The summed E-state index contributed by atoms with van der Waals surface area (Å²) < 4.78 is 0. The molecule has 0 radical (unpaired) electrons. The number of hydrogen-bond donors (Lipinski definition) is 2. The summed E-state index contributed by atoms with van der Waals surface area (Å²) in [7, 11) is 0. The molecule has 0 spiro atoms. The predicted molar refractivity (Wildman–Crippen MR) is 81.0 cm³/mol. The molecule has 1 amide bonds. The maximum atomic E-state index is 12.0. The fraction of sp³-hybridized carbons (Fsp3) is 0.438. The molecule has 4 nitrogen and oxygen atoms in total. The van der Waals surface area contributed by atoms with E-state index in [-0.39, 0.29) is 5.91 Å². The minimum atomic E-state index is -0.0213. The largest absolute Gasteiger partial charge is 0.398 e. The van der Waals surface area contributed by atoms with E-state index in [2.05, 4.69) is 10.2 Å². The monoisotopic (exact) mass is 271 g/mol. The topological polar surface area (TPSA) is 58.4 Å². The van der Waals surface area contributed by atoms with Crippen molar-refractivity contribution >= 4 is 17.7 Å². The van der Waals surface area contributed by atoms with Crippen LogP contribution in [0.5, 0.6) is 0 Å². The summed E-state index contributed by atoms with van der Waals surface area (Å²) >= 11 is 0. The van der Waals surface area contributed by atoms with Gasteiger partial charge in [0.05, 0.1) is 0 Å². The fourth-order valence-electron chi connectivity index (χ4n) is 3.19. The van der Waals surface area contributed by atoms with Gasteiger partial charge in [0.15, 0.2) is 0 Å². The van der Waals surface area contributed by atoms with Gasteiger partial charge < -0.3 is 16.0 Å². The van der Waals surface area contributed by atoms with Gasteiger partial charge >= 0.3 is 0 Å². The number of nitrogen functional groups attached to an aromatic ring is 1. The van der Waals surface area contributed by atoms with Crippen LogP contribution in [0.25, 0.3) is 6.08 Å². The van der Waals surface area contributed by atoms with Crippen molar-refractivity contribution in [3.63, 3.8) is 0 Å². The van der Waals surface area contributed by atoms with Crippen molar-refractivity contribution in [1.29, 1.82) is 0 Å². The molecular weight excluding hydrogens is 250 g/mol. The first kappa shape index (κ1) is 13.2. The third-order valence-corrected chi connectivity index (χ3v) is 4.39. The van der Waals surface area contributed by atoms with E-state index in [9.17, 15) is 4.79 Å². The molecule has 0 unspecified atom stereocenters. The molecule has 2 bridgehead atoms. The molecule has 106 valence electrons. The van der Waals surface area contributed by atoms with Crippen LogP contribution in [0.1, 0.15) is 18.4 Å². The number of amides is 1. The lowest BCUT2D eigenvalue weighted by atomic mass is 9.84. The van der Waals surface area contributed by atoms with Gasteiger partial charge in [-0.25, -0.2) is 0 Å². The Morgan fingerprint density at radius 2 is 2.05 bits per heavy atom. The Labute approximate surface area is 119 Å². The van der Waals surface area contributed by atoms with Crippen molar-refractivity contribution in [3.05, 3.63) is 35.9 Å². The molecule has 3 N–H and O–H groups in total. The number of anilines is 1. The molecule has 3 aliphatic rings. The quantitative estimate of drug-likeness (QED) is 0.647. The molecule has 3 aliphatic heterocycles. The van der Waals surface area contributed by atoms with Crippen LogP contribution in [-0.2, 0) is 4.79 Å². The second-order valence-corrected chi connectivity index (χ2v) is 5.72. The van der Waals surface area contributed by atoms with Gasteiger partial charge in [-0.05, 0) is 49.6 Å². The molecule has 3 heterocycles. The summed E-state index contributed by atoms with van der Waals surface area (Å²) in [5, 5.41) is 3.13. The standard InChI is InChI=1S/C16H21N3O/c17-14-4-2-1-3-12(14)5-6-16(20)18-15-11-19-9-7-13(15)8-10-19/h1-6,13,15H,7-11,17H2,(H,18,20)/b6-5+/t15-/m0/s1.